The first-order valence-corrected chi connectivity index (χ1v) is 8.11. The molecule has 1 aromatic heterocycles. The number of nitrogens with zero attached hydrogens (tertiary/aromatic N) is 2. The van der Waals surface area contributed by atoms with E-state index in [0.29, 0.717) is 23.4 Å². The Morgan fingerprint density at radius 2 is 1.96 bits per heavy atom. The highest BCUT2D eigenvalue weighted by Gasteiger charge is 2.35. The van der Waals surface area contributed by atoms with Gasteiger partial charge in [-0.25, -0.2) is 0 Å². The quantitative estimate of drug-likeness (QED) is 0.890. The Morgan fingerprint density at radius 1 is 1.26 bits per heavy atom. The summed E-state index contributed by atoms with van der Waals surface area (Å²) in [5.74, 6) is -1.15. The number of nitrogens with one attached hydrogen (secondary N) is 1. The number of pyridine rings is 1. The smallest absolute Gasteiger partial charge is 0.406 e. The van der Waals surface area contributed by atoms with Gasteiger partial charge < -0.3 is 15.0 Å². The molecule has 0 spiro atoms. The van der Waals surface area contributed by atoms with Crippen molar-refractivity contribution in [2.24, 2.45) is 0 Å². The van der Waals surface area contributed by atoms with Crippen LogP contribution in [0.4, 0.5) is 13.2 Å². The summed E-state index contributed by atoms with van der Waals surface area (Å²) in [6.45, 7) is 2.31. The van der Waals surface area contributed by atoms with Crippen LogP contribution in [0.2, 0.25) is 0 Å². The Kier molecular flexibility index (Phi) is 5.02. The fraction of sp³-hybridized carbons (Fsp3) is 0.278. The summed E-state index contributed by atoms with van der Waals surface area (Å²) in [4.78, 5) is 30.7. The van der Waals surface area contributed by atoms with E-state index in [1.54, 1.807) is 19.1 Å². The number of carbonyl (C=O) groups is 2. The van der Waals surface area contributed by atoms with Crippen molar-refractivity contribution in [1.82, 2.24) is 15.2 Å². The van der Waals surface area contributed by atoms with Gasteiger partial charge in [0.15, 0.2) is 0 Å². The van der Waals surface area contributed by atoms with Gasteiger partial charge in [-0.15, -0.1) is 13.2 Å². The molecule has 2 heterocycles. The van der Waals surface area contributed by atoms with Gasteiger partial charge >= 0.3 is 6.36 Å². The van der Waals surface area contributed by atoms with E-state index in [-0.39, 0.29) is 12.5 Å². The molecule has 1 aliphatic heterocycles. The monoisotopic (exact) mass is 379 g/mol. The van der Waals surface area contributed by atoms with Crippen molar-refractivity contribution in [2.75, 3.05) is 13.1 Å². The maximum absolute atomic E-state index is 12.9. The molecule has 3 rings (SSSR count). The van der Waals surface area contributed by atoms with Gasteiger partial charge in [0.05, 0.1) is 0 Å². The molecule has 6 nitrogen and oxygen atoms in total. The van der Waals surface area contributed by atoms with Crippen LogP contribution >= 0.6 is 0 Å². The Balaban J connectivity index is 1.88. The maximum Gasteiger partial charge on any atom is 0.573 e. The van der Waals surface area contributed by atoms with Crippen LogP contribution in [0.5, 0.6) is 5.75 Å². The van der Waals surface area contributed by atoms with Crippen LogP contribution in [0.15, 0.2) is 42.6 Å². The molecule has 2 amide bonds. The van der Waals surface area contributed by atoms with Crippen LogP contribution in [-0.4, -0.2) is 41.2 Å². The number of halogens is 3. The molecule has 27 heavy (non-hydrogen) atoms. The zero-order valence-electron chi connectivity index (χ0n) is 14.3. The standard InChI is InChI=1S/C18H16F3N3O3/c1-11-10-13(6-7-22-11)17(26)24-9-8-23-16(25)15(24)12-2-4-14(5-3-12)27-18(19,20)21/h2-7,10,15H,8-9H2,1H3,(H,23,25). The minimum Gasteiger partial charge on any atom is -0.406 e. The summed E-state index contributed by atoms with van der Waals surface area (Å²) >= 11 is 0. The second-order valence-electron chi connectivity index (χ2n) is 5.99. The van der Waals surface area contributed by atoms with Gasteiger partial charge in [-0.3, -0.25) is 14.6 Å². The van der Waals surface area contributed by atoms with Gasteiger partial charge in [0, 0.05) is 30.5 Å². The predicted octanol–water partition coefficient (Wildman–Crippen LogP) is 2.60. The maximum atomic E-state index is 12.9. The minimum atomic E-state index is -4.80. The van der Waals surface area contributed by atoms with Crippen molar-refractivity contribution in [3.63, 3.8) is 0 Å². The third-order valence-corrected chi connectivity index (χ3v) is 4.05. The third kappa shape index (κ3) is 4.36. The zero-order valence-corrected chi connectivity index (χ0v) is 14.3. The molecule has 142 valence electrons. The van der Waals surface area contributed by atoms with Gasteiger partial charge in [0.1, 0.15) is 11.8 Å². The SMILES string of the molecule is Cc1cc(C(=O)N2CCNC(=O)C2c2ccc(OC(F)(F)F)cc2)ccn1. The van der Waals surface area contributed by atoms with Crippen LogP contribution in [0.3, 0.4) is 0 Å². The highest BCUT2D eigenvalue weighted by molar-refractivity contribution is 5.98. The van der Waals surface area contributed by atoms with Crippen LogP contribution in [-0.2, 0) is 4.79 Å². The van der Waals surface area contributed by atoms with Crippen molar-refractivity contribution in [2.45, 2.75) is 19.3 Å². The van der Waals surface area contributed by atoms with Gasteiger partial charge in [-0.05, 0) is 36.8 Å². The minimum absolute atomic E-state index is 0.275. The molecular formula is C18H16F3N3O3. The van der Waals surface area contributed by atoms with Gasteiger partial charge in [-0.1, -0.05) is 12.1 Å². The Labute approximate surface area is 152 Å². The van der Waals surface area contributed by atoms with Crippen molar-refractivity contribution in [3.05, 3.63) is 59.4 Å². The topological polar surface area (TPSA) is 71.5 Å². The number of hydrogen-bond donors (Lipinski definition) is 1. The fourth-order valence-corrected chi connectivity index (χ4v) is 2.91. The number of aromatic nitrogens is 1. The molecule has 0 bridgehead atoms. The number of aryl methyl sites for hydroxylation is 1. The fourth-order valence-electron chi connectivity index (χ4n) is 2.91. The number of carbonyl (C=O) groups excluding carboxylic acids is 2. The van der Waals surface area contributed by atoms with Crippen LogP contribution in [0.25, 0.3) is 0 Å². The Bertz CT molecular complexity index is 853. The predicted molar refractivity (Wildman–Crippen MR) is 88.9 cm³/mol. The average Bonchev–Trinajstić information content (AvgIpc) is 2.60. The highest BCUT2D eigenvalue weighted by Crippen LogP contribution is 2.29. The first kappa shape index (κ1) is 18.7. The summed E-state index contributed by atoms with van der Waals surface area (Å²) in [6.07, 6.45) is -3.30. The van der Waals surface area contributed by atoms with E-state index in [0.717, 1.165) is 12.1 Å². The molecule has 1 aliphatic rings. The van der Waals surface area contributed by atoms with Crippen molar-refractivity contribution >= 4 is 11.8 Å². The number of ether oxygens (including phenoxy) is 1. The first-order chi connectivity index (χ1) is 12.7. The second-order valence-corrected chi connectivity index (χ2v) is 5.99. The molecule has 9 heteroatoms. The number of amides is 2. The van der Waals surface area contributed by atoms with Gasteiger partial charge in [0.2, 0.25) is 5.91 Å². The molecule has 1 aromatic carbocycles. The molecule has 1 fully saturated rings. The zero-order chi connectivity index (χ0) is 19.6. The van der Waals surface area contributed by atoms with Crippen LogP contribution in [0.1, 0.15) is 27.7 Å². The van der Waals surface area contributed by atoms with Crippen molar-refractivity contribution < 1.29 is 27.5 Å². The first-order valence-electron chi connectivity index (χ1n) is 8.11. The van der Waals surface area contributed by atoms with E-state index in [1.807, 2.05) is 0 Å². The molecule has 0 aliphatic carbocycles. The molecule has 2 aromatic rings. The summed E-state index contributed by atoms with van der Waals surface area (Å²) in [5.41, 5.74) is 1.44. The van der Waals surface area contributed by atoms with Gasteiger partial charge in [0.25, 0.3) is 5.91 Å². The number of piperazine rings is 1. The largest absolute Gasteiger partial charge is 0.573 e. The lowest BCUT2D eigenvalue weighted by Crippen LogP contribution is -2.52. The lowest BCUT2D eigenvalue weighted by molar-refractivity contribution is -0.274. The van der Waals surface area contributed by atoms with E-state index in [1.165, 1.54) is 23.2 Å². The van der Waals surface area contributed by atoms with E-state index < -0.39 is 24.1 Å². The Morgan fingerprint density at radius 3 is 2.59 bits per heavy atom. The summed E-state index contributed by atoms with van der Waals surface area (Å²) in [6, 6.07) is 7.14. The molecule has 1 N–H and O–H groups in total. The number of benzene rings is 1. The van der Waals surface area contributed by atoms with E-state index in [2.05, 4.69) is 15.0 Å². The van der Waals surface area contributed by atoms with E-state index in [4.69, 9.17) is 0 Å². The summed E-state index contributed by atoms with van der Waals surface area (Å²) in [5, 5.41) is 2.67. The normalized spacial score (nSPS) is 17.4. The van der Waals surface area contributed by atoms with Crippen molar-refractivity contribution in [3.8, 4) is 5.75 Å². The highest BCUT2D eigenvalue weighted by atomic mass is 19.4. The molecule has 0 radical (unpaired) electrons. The lowest BCUT2D eigenvalue weighted by atomic mass is 10.0. The second kappa shape index (κ2) is 7.26. The van der Waals surface area contributed by atoms with E-state index in [9.17, 15) is 22.8 Å². The lowest BCUT2D eigenvalue weighted by Gasteiger charge is -2.35. The summed E-state index contributed by atoms with van der Waals surface area (Å²) in [7, 11) is 0. The van der Waals surface area contributed by atoms with Gasteiger partial charge in [-0.2, -0.15) is 0 Å². The van der Waals surface area contributed by atoms with Crippen LogP contribution in [0, 0.1) is 6.92 Å². The number of alkyl halides is 3. The molecule has 1 atom stereocenters. The molecule has 1 unspecified atom stereocenters. The molecule has 0 saturated carbocycles. The molecule has 1 saturated heterocycles. The Hall–Kier alpha value is -3.10. The summed E-state index contributed by atoms with van der Waals surface area (Å²) < 4.78 is 40.7. The molecular weight excluding hydrogens is 363 g/mol. The van der Waals surface area contributed by atoms with Crippen molar-refractivity contribution in [1.29, 1.82) is 0 Å². The average molecular weight is 379 g/mol. The third-order valence-electron chi connectivity index (χ3n) is 4.05. The van der Waals surface area contributed by atoms with E-state index >= 15 is 0 Å². The van der Waals surface area contributed by atoms with Crippen LogP contribution < -0.4 is 10.1 Å². The number of rotatable bonds is 3. The number of hydrogen-bond acceptors (Lipinski definition) is 4.